The number of hydrogen-bond donors (Lipinski definition) is 1. The van der Waals surface area contributed by atoms with E-state index in [4.69, 9.17) is 0 Å². The van der Waals surface area contributed by atoms with E-state index in [1.165, 1.54) is 12.1 Å². The molecule has 0 saturated carbocycles. The van der Waals surface area contributed by atoms with E-state index in [-0.39, 0.29) is 24.1 Å². The topological polar surface area (TPSA) is 49.0 Å². The molecule has 1 atom stereocenters. The van der Waals surface area contributed by atoms with Gasteiger partial charge in [-0.2, -0.15) is 0 Å². The maximum absolute atomic E-state index is 13.3. The highest BCUT2D eigenvalue weighted by molar-refractivity contribution is 5.79. The van der Waals surface area contributed by atoms with Crippen LogP contribution in [-0.4, -0.2) is 33.9 Å². The molecule has 1 aliphatic rings. The van der Waals surface area contributed by atoms with Crippen LogP contribution in [0.2, 0.25) is 0 Å². The summed E-state index contributed by atoms with van der Waals surface area (Å²) in [5.74, 6) is 0.914. The molecule has 0 unspecified atom stereocenters. The van der Waals surface area contributed by atoms with Crippen LogP contribution in [0.5, 0.6) is 0 Å². The maximum Gasteiger partial charge on any atom is 0.227 e. The summed E-state index contributed by atoms with van der Waals surface area (Å²) in [5.41, 5.74) is 2.71. The highest BCUT2D eigenvalue weighted by atomic mass is 19.1. The Labute approximate surface area is 145 Å². The number of aromatic nitrogens is 2. The Hall–Kier alpha value is -2.69. The summed E-state index contributed by atoms with van der Waals surface area (Å²) in [6, 6.07) is 14.2. The number of benzene rings is 2. The first-order chi connectivity index (χ1) is 12.2. The van der Waals surface area contributed by atoms with Gasteiger partial charge in [-0.05, 0) is 42.7 Å². The molecular formula is C20H20FN3O. The van der Waals surface area contributed by atoms with Crippen LogP contribution in [0.25, 0.3) is 11.0 Å². The fraction of sp³-hybridized carbons (Fsp3) is 0.300. The van der Waals surface area contributed by atoms with Crippen LogP contribution in [0, 0.1) is 5.82 Å². The van der Waals surface area contributed by atoms with Gasteiger partial charge in [0.1, 0.15) is 11.6 Å². The van der Waals surface area contributed by atoms with Crippen molar-refractivity contribution in [2.75, 3.05) is 13.1 Å². The van der Waals surface area contributed by atoms with Gasteiger partial charge in [-0.25, -0.2) is 9.37 Å². The molecule has 0 spiro atoms. The molecule has 1 aromatic heterocycles. The van der Waals surface area contributed by atoms with Crippen molar-refractivity contribution >= 4 is 16.9 Å². The van der Waals surface area contributed by atoms with E-state index in [0.717, 1.165) is 41.8 Å². The van der Waals surface area contributed by atoms with Crippen LogP contribution >= 0.6 is 0 Å². The first kappa shape index (κ1) is 15.8. The van der Waals surface area contributed by atoms with E-state index >= 15 is 0 Å². The summed E-state index contributed by atoms with van der Waals surface area (Å²) < 4.78 is 13.3. The fourth-order valence-corrected chi connectivity index (χ4v) is 3.53. The van der Waals surface area contributed by atoms with Crippen molar-refractivity contribution in [3.63, 3.8) is 0 Å². The summed E-state index contributed by atoms with van der Waals surface area (Å²) >= 11 is 0. The largest absolute Gasteiger partial charge is 0.342 e. The average Bonchev–Trinajstić information content (AvgIpc) is 3.06. The second kappa shape index (κ2) is 6.67. The number of aromatic amines is 1. The van der Waals surface area contributed by atoms with Crippen LogP contribution in [0.3, 0.4) is 0 Å². The van der Waals surface area contributed by atoms with Gasteiger partial charge in [-0.15, -0.1) is 0 Å². The minimum absolute atomic E-state index is 0.0476. The summed E-state index contributed by atoms with van der Waals surface area (Å²) in [6.45, 7) is 1.42. The van der Waals surface area contributed by atoms with Gasteiger partial charge < -0.3 is 9.88 Å². The second-order valence-corrected chi connectivity index (χ2v) is 6.62. The number of imidazole rings is 1. The zero-order valence-electron chi connectivity index (χ0n) is 13.9. The number of H-pyrrole nitrogens is 1. The van der Waals surface area contributed by atoms with Crippen molar-refractivity contribution in [3.8, 4) is 0 Å². The number of para-hydroxylation sites is 2. The molecule has 3 aromatic rings. The van der Waals surface area contributed by atoms with E-state index in [9.17, 15) is 9.18 Å². The Morgan fingerprint density at radius 1 is 1.24 bits per heavy atom. The molecule has 0 aliphatic carbocycles. The number of rotatable bonds is 3. The molecule has 1 amide bonds. The van der Waals surface area contributed by atoms with Gasteiger partial charge >= 0.3 is 0 Å². The highest BCUT2D eigenvalue weighted by Crippen LogP contribution is 2.27. The van der Waals surface area contributed by atoms with Crippen molar-refractivity contribution in [2.45, 2.75) is 25.2 Å². The van der Waals surface area contributed by atoms with Gasteiger partial charge in [0.05, 0.1) is 17.5 Å². The minimum atomic E-state index is -0.302. The smallest absolute Gasteiger partial charge is 0.227 e. The number of hydrogen-bond acceptors (Lipinski definition) is 2. The number of nitrogens with one attached hydrogen (secondary N) is 1. The molecule has 4 nitrogen and oxygen atoms in total. The summed E-state index contributed by atoms with van der Waals surface area (Å²) in [5, 5.41) is 0. The Morgan fingerprint density at radius 3 is 2.96 bits per heavy atom. The Balaban J connectivity index is 1.47. The molecule has 1 fully saturated rings. The molecule has 0 radical (unpaired) electrons. The first-order valence-corrected chi connectivity index (χ1v) is 8.66. The predicted molar refractivity (Wildman–Crippen MR) is 94.8 cm³/mol. The lowest BCUT2D eigenvalue weighted by molar-refractivity contribution is -0.131. The maximum atomic E-state index is 13.3. The van der Waals surface area contributed by atoms with E-state index in [2.05, 4.69) is 9.97 Å². The second-order valence-electron chi connectivity index (χ2n) is 6.62. The van der Waals surface area contributed by atoms with Crippen molar-refractivity contribution in [2.24, 2.45) is 0 Å². The molecule has 0 bridgehead atoms. The van der Waals surface area contributed by atoms with Gasteiger partial charge in [-0.1, -0.05) is 24.3 Å². The molecule has 2 heterocycles. The number of carbonyl (C=O) groups is 1. The summed E-state index contributed by atoms with van der Waals surface area (Å²) in [6.07, 6.45) is 2.21. The molecule has 4 rings (SSSR count). The normalized spacial score (nSPS) is 17.8. The molecule has 1 saturated heterocycles. The van der Waals surface area contributed by atoms with E-state index in [0.29, 0.717) is 6.54 Å². The van der Waals surface area contributed by atoms with Crippen LogP contribution in [0.1, 0.15) is 30.1 Å². The SMILES string of the molecule is O=C(Cc1cccc(F)c1)N1CCC[C@@H](c2nc3ccccc3[nH]2)C1. The zero-order chi connectivity index (χ0) is 17.2. The third kappa shape index (κ3) is 3.40. The number of piperidine rings is 1. The van der Waals surface area contributed by atoms with Crippen LogP contribution in [-0.2, 0) is 11.2 Å². The monoisotopic (exact) mass is 337 g/mol. The van der Waals surface area contributed by atoms with E-state index in [1.807, 2.05) is 29.2 Å². The zero-order valence-corrected chi connectivity index (χ0v) is 13.9. The lowest BCUT2D eigenvalue weighted by atomic mass is 9.96. The lowest BCUT2D eigenvalue weighted by Gasteiger charge is -2.32. The Bertz CT molecular complexity index is 872. The first-order valence-electron chi connectivity index (χ1n) is 8.66. The minimum Gasteiger partial charge on any atom is -0.342 e. The standard InChI is InChI=1S/C20H20FN3O/c21-16-7-3-5-14(11-16)12-19(25)24-10-4-6-15(13-24)20-22-17-8-1-2-9-18(17)23-20/h1-3,5,7-9,11,15H,4,6,10,12-13H2,(H,22,23)/t15-/m1/s1. The van der Waals surface area contributed by atoms with E-state index in [1.54, 1.807) is 12.1 Å². The quantitative estimate of drug-likeness (QED) is 0.793. The molecule has 25 heavy (non-hydrogen) atoms. The molecule has 2 aromatic carbocycles. The van der Waals surface area contributed by atoms with Crippen molar-refractivity contribution in [1.29, 1.82) is 0 Å². The van der Waals surface area contributed by atoms with Gasteiger partial charge in [0.2, 0.25) is 5.91 Å². The highest BCUT2D eigenvalue weighted by Gasteiger charge is 2.26. The number of halogens is 1. The number of likely N-dealkylation sites (tertiary alicyclic amines) is 1. The number of amides is 1. The van der Waals surface area contributed by atoms with Crippen molar-refractivity contribution in [3.05, 3.63) is 65.7 Å². The fourth-order valence-electron chi connectivity index (χ4n) is 3.53. The Kier molecular flexibility index (Phi) is 4.22. The third-order valence-electron chi connectivity index (χ3n) is 4.81. The molecule has 5 heteroatoms. The number of carbonyl (C=O) groups excluding carboxylic acids is 1. The molecular weight excluding hydrogens is 317 g/mol. The predicted octanol–water partition coefficient (Wildman–Crippen LogP) is 3.65. The number of nitrogens with zero attached hydrogens (tertiary/aromatic N) is 2. The van der Waals surface area contributed by atoms with Gasteiger partial charge in [0, 0.05) is 19.0 Å². The third-order valence-corrected chi connectivity index (χ3v) is 4.81. The van der Waals surface area contributed by atoms with Gasteiger partial charge in [0.25, 0.3) is 0 Å². The average molecular weight is 337 g/mol. The molecule has 1 N–H and O–H groups in total. The van der Waals surface area contributed by atoms with E-state index < -0.39 is 0 Å². The summed E-state index contributed by atoms with van der Waals surface area (Å²) in [7, 11) is 0. The molecule has 1 aliphatic heterocycles. The van der Waals surface area contributed by atoms with Crippen LogP contribution in [0.4, 0.5) is 4.39 Å². The number of fused-ring (bicyclic) bond motifs is 1. The van der Waals surface area contributed by atoms with Gasteiger partial charge in [0.15, 0.2) is 0 Å². The van der Waals surface area contributed by atoms with Crippen LogP contribution < -0.4 is 0 Å². The lowest BCUT2D eigenvalue weighted by Crippen LogP contribution is -2.40. The van der Waals surface area contributed by atoms with Crippen LogP contribution in [0.15, 0.2) is 48.5 Å². The summed E-state index contributed by atoms with van der Waals surface area (Å²) in [4.78, 5) is 22.5. The van der Waals surface area contributed by atoms with Crippen molar-refractivity contribution in [1.82, 2.24) is 14.9 Å². The molecule has 128 valence electrons. The van der Waals surface area contributed by atoms with Gasteiger partial charge in [-0.3, -0.25) is 4.79 Å². The van der Waals surface area contributed by atoms with Crippen molar-refractivity contribution < 1.29 is 9.18 Å². The Morgan fingerprint density at radius 2 is 2.12 bits per heavy atom.